The molecule has 0 aromatic carbocycles. The van der Waals surface area contributed by atoms with E-state index in [1.54, 1.807) is 0 Å². The van der Waals surface area contributed by atoms with E-state index in [2.05, 4.69) is 20.8 Å². The first-order valence-corrected chi connectivity index (χ1v) is 10.7. The minimum atomic E-state index is -4.67. The first kappa shape index (κ1) is 23.1. The maximum absolute atomic E-state index is 8.74. The summed E-state index contributed by atoms with van der Waals surface area (Å²) in [5.74, 6) is 2.03. The molecule has 2 atom stereocenters. The van der Waals surface area contributed by atoms with Crippen LogP contribution in [-0.4, -0.2) is 45.5 Å². The van der Waals surface area contributed by atoms with Gasteiger partial charge in [0.15, 0.2) is 0 Å². The second-order valence-electron chi connectivity index (χ2n) is 5.66. The zero-order valence-corrected chi connectivity index (χ0v) is 16.5. The summed E-state index contributed by atoms with van der Waals surface area (Å²) in [6, 6.07) is 0. The molecule has 0 fully saturated rings. The van der Waals surface area contributed by atoms with Crippen LogP contribution in [0.5, 0.6) is 0 Å². The minimum absolute atomic E-state index is 1.01. The summed E-state index contributed by atoms with van der Waals surface area (Å²) in [5.41, 5.74) is 0. The molecule has 0 aromatic heterocycles. The van der Waals surface area contributed by atoms with Crippen LogP contribution >= 0.6 is 0 Å². The largest absolute Gasteiger partial charge is 0.394 e. The first-order valence-electron chi connectivity index (χ1n) is 7.94. The molecule has 118 valence electrons. The summed E-state index contributed by atoms with van der Waals surface area (Å²) in [5, 5.41) is 0. The Morgan fingerprint density at radius 1 is 1.00 bits per heavy atom. The van der Waals surface area contributed by atoms with Gasteiger partial charge < -0.3 is 0 Å². The molecule has 0 heterocycles. The van der Waals surface area contributed by atoms with Gasteiger partial charge in [-0.15, -0.1) is 0 Å². The maximum atomic E-state index is 8.74. The quantitative estimate of drug-likeness (QED) is 0.357. The van der Waals surface area contributed by atoms with Crippen LogP contribution in [0.25, 0.3) is 0 Å². The van der Waals surface area contributed by atoms with E-state index >= 15 is 0 Å². The third-order valence-electron chi connectivity index (χ3n) is 3.80. The summed E-state index contributed by atoms with van der Waals surface area (Å²) in [6.07, 6.45) is 11.6. The van der Waals surface area contributed by atoms with Gasteiger partial charge in [0, 0.05) is 0 Å². The molecular formula is C14H31NaO4S. The van der Waals surface area contributed by atoms with Crippen LogP contribution in [0.15, 0.2) is 0 Å². The van der Waals surface area contributed by atoms with Crippen LogP contribution in [0.4, 0.5) is 0 Å². The molecule has 2 N–H and O–H groups in total. The van der Waals surface area contributed by atoms with Crippen molar-refractivity contribution in [2.24, 2.45) is 11.8 Å². The Labute approximate surface area is 143 Å². The van der Waals surface area contributed by atoms with Crippen LogP contribution in [0.1, 0.15) is 72.1 Å². The van der Waals surface area contributed by atoms with E-state index in [1.807, 2.05) is 0 Å². The summed E-state index contributed by atoms with van der Waals surface area (Å²) in [4.78, 5) is 0. The van der Waals surface area contributed by atoms with E-state index in [4.69, 9.17) is 17.5 Å². The number of rotatable bonds is 10. The molecule has 4 nitrogen and oxygen atoms in total. The molecule has 0 bridgehead atoms. The molecule has 6 heteroatoms. The smallest absolute Gasteiger partial charge is 0.264 e. The Hall–Kier alpha value is 0.870. The van der Waals surface area contributed by atoms with Gasteiger partial charge in [-0.2, -0.15) is 8.42 Å². The van der Waals surface area contributed by atoms with Gasteiger partial charge in [0.1, 0.15) is 0 Å². The summed E-state index contributed by atoms with van der Waals surface area (Å²) in [6.45, 7) is 7.08. The molecule has 0 saturated heterocycles. The number of hydrogen-bond donors (Lipinski definition) is 2. The van der Waals surface area contributed by atoms with E-state index in [9.17, 15) is 0 Å². The second-order valence-corrected chi connectivity index (χ2v) is 7.37. The average molecular weight is 318 g/mol. The Morgan fingerprint density at radius 2 is 1.45 bits per heavy atom. The molecule has 0 saturated carbocycles. The third-order valence-corrected chi connectivity index (χ3v) is 5.19. The van der Waals surface area contributed by atoms with Gasteiger partial charge in [0.25, 0.3) is 0 Å². The van der Waals surface area contributed by atoms with E-state index in [0.29, 0.717) is 0 Å². The van der Waals surface area contributed by atoms with E-state index in [-0.39, 0.29) is 0 Å². The molecule has 20 heavy (non-hydrogen) atoms. The fourth-order valence-corrected chi connectivity index (χ4v) is 2.58. The van der Waals surface area contributed by atoms with Crippen molar-refractivity contribution < 1.29 is 17.5 Å². The molecule has 2 unspecified atom stereocenters. The predicted molar refractivity (Wildman–Crippen MR) is 85.7 cm³/mol. The van der Waals surface area contributed by atoms with Crippen molar-refractivity contribution >= 4 is 38.3 Å². The molecule has 0 aliphatic heterocycles. The SMILES string of the molecule is CCCCC(CC)CCCCC(C)[CH2][Na].O=S(=O)(O)O. The maximum Gasteiger partial charge on any atom is 0.394 e. The van der Waals surface area contributed by atoms with Crippen LogP contribution in [0.3, 0.4) is 0 Å². The van der Waals surface area contributed by atoms with Crippen molar-refractivity contribution in [3.8, 4) is 0 Å². The van der Waals surface area contributed by atoms with Crippen LogP contribution < -0.4 is 0 Å². The van der Waals surface area contributed by atoms with E-state index in [0.717, 1.165) is 11.8 Å². The summed E-state index contributed by atoms with van der Waals surface area (Å²) >= 11 is 1.39. The Balaban J connectivity index is 0. The van der Waals surface area contributed by atoms with Crippen molar-refractivity contribution in [3.05, 3.63) is 0 Å². The van der Waals surface area contributed by atoms with E-state index in [1.165, 1.54) is 83.0 Å². The number of unbranched alkanes of at least 4 members (excludes halogenated alkanes) is 2. The van der Waals surface area contributed by atoms with Crippen molar-refractivity contribution in [2.75, 3.05) is 0 Å². The van der Waals surface area contributed by atoms with E-state index < -0.39 is 10.4 Å². The van der Waals surface area contributed by atoms with Crippen molar-refractivity contribution in [2.45, 2.75) is 75.8 Å². The number of hydrogen-bond acceptors (Lipinski definition) is 2. The zero-order valence-electron chi connectivity index (χ0n) is 13.6. The minimum Gasteiger partial charge on any atom is -0.264 e. The third kappa shape index (κ3) is 23.9. The van der Waals surface area contributed by atoms with Crippen LogP contribution in [-0.2, 0) is 10.4 Å². The predicted octanol–water partition coefficient (Wildman–Crippen LogP) is 4.33. The Bertz CT molecular complexity index is 286. The summed E-state index contributed by atoms with van der Waals surface area (Å²) in [7, 11) is -4.67. The first-order chi connectivity index (χ1) is 9.24. The molecule has 0 aliphatic rings. The fourth-order valence-electron chi connectivity index (χ4n) is 2.18. The molecule has 0 aliphatic carbocycles. The van der Waals surface area contributed by atoms with Crippen molar-refractivity contribution in [1.82, 2.24) is 0 Å². The molecule has 0 spiro atoms. The van der Waals surface area contributed by atoms with Crippen LogP contribution in [0, 0.1) is 11.8 Å². The second kappa shape index (κ2) is 14.8. The van der Waals surface area contributed by atoms with Gasteiger partial charge in [-0.25, -0.2) is 0 Å². The van der Waals surface area contributed by atoms with Gasteiger partial charge in [-0.05, 0) is 0 Å². The molecule has 0 radical (unpaired) electrons. The monoisotopic (exact) mass is 318 g/mol. The molecule has 0 amide bonds. The van der Waals surface area contributed by atoms with Gasteiger partial charge in [-0.3, -0.25) is 9.11 Å². The molecular weight excluding hydrogens is 287 g/mol. The topological polar surface area (TPSA) is 74.6 Å². The van der Waals surface area contributed by atoms with Gasteiger partial charge >= 0.3 is 126 Å². The molecule has 0 aromatic rings. The summed E-state index contributed by atoms with van der Waals surface area (Å²) < 4.78 is 33.1. The molecule has 0 rings (SSSR count). The van der Waals surface area contributed by atoms with Gasteiger partial charge in [0.2, 0.25) is 0 Å². The zero-order chi connectivity index (χ0) is 16.0. The van der Waals surface area contributed by atoms with Crippen molar-refractivity contribution in [1.29, 1.82) is 0 Å². The fraction of sp³-hybridized carbons (Fsp3) is 1.00. The van der Waals surface area contributed by atoms with Crippen molar-refractivity contribution in [3.63, 3.8) is 0 Å². The van der Waals surface area contributed by atoms with Gasteiger partial charge in [0.05, 0.1) is 0 Å². The Kier molecular flexibility index (Phi) is 17.1. The Morgan fingerprint density at radius 3 is 1.85 bits per heavy atom. The van der Waals surface area contributed by atoms with Crippen LogP contribution in [0.2, 0.25) is 3.67 Å². The standard InChI is InChI=1S/C14H29.Na.H2O4S/c1-5-7-11-14(6-2)12-9-8-10-13(3)4;;1-5(2,3)4/h13-14H,3,5-12H2,1-2,4H3;;(H2,1,2,3,4). The van der Waals surface area contributed by atoms with Gasteiger partial charge in [-0.1, -0.05) is 0 Å². The average Bonchev–Trinajstić information content (AvgIpc) is 2.35. The normalized spacial score (nSPS) is 14.3.